The SMILES string of the molecule is COc1ccc(CCC(=O)N2CCC(Cc3nc(-c4ccc(OC)cc4)no3)CC2)cc1. The Kier molecular flexibility index (Phi) is 7.04. The summed E-state index contributed by atoms with van der Waals surface area (Å²) < 4.78 is 15.8. The van der Waals surface area contributed by atoms with Gasteiger partial charge in [-0.25, -0.2) is 0 Å². The van der Waals surface area contributed by atoms with Crippen LogP contribution in [0.4, 0.5) is 0 Å². The van der Waals surface area contributed by atoms with Crippen LogP contribution in [0.15, 0.2) is 53.1 Å². The van der Waals surface area contributed by atoms with Crippen molar-refractivity contribution in [1.29, 1.82) is 0 Å². The maximum absolute atomic E-state index is 12.6. The Morgan fingerprint density at radius 3 is 2.25 bits per heavy atom. The zero-order chi connectivity index (χ0) is 22.3. The number of ether oxygens (including phenoxy) is 2. The number of carbonyl (C=O) groups is 1. The summed E-state index contributed by atoms with van der Waals surface area (Å²) >= 11 is 0. The molecule has 7 nitrogen and oxygen atoms in total. The second-order valence-corrected chi connectivity index (χ2v) is 8.12. The number of aryl methyl sites for hydroxylation is 1. The highest BCUT2D eigenvalue weighted by atomic mass is 16.5. The summed E-state index contributed by atoms with van der Waals surface area (Å²) in [6, 6.07) is 15.5. The molecule has 2 heterocycles. The smallest absolute Gasteiger partial charge is 0.227 e. The topological polar surface area (TPSA) is 77.7 Å². The molecule has 1 aromatic heterocycles. The maximum atomic E-state index is 12.6. The average Bonchev–Trinajstić information content (AvgIpc) is 3.32. The average molecular weight is 436 g/mol. The van der Waals surface area contributed by atoms with Crippen molar-refractivity contribution in [2.24, 2.45) is 5.92 Å². The van der Waals surface area contributed by atoms with Crippen LogP contribution in [0.1, 0.15) is 30.7 Å². The predicted octanol–water partition coefficient (Wildman–Crippen LogP) is 4.17. The van der Waals surface area contributed by atoms with Crippen LogP contribution in [0.25, 0.3) is 11.4 Å². The van der Waals surface area contributed by atoms with Crippen molar-refractivity contribution in [3.63, 3.8) is 0 Å². The van der Waals surface area contributed by atoms with E-state index in [1.165, 1.54) is 0 Å². The third-order valence-electron chi connectivity index (χ3n) is 6.03. The van der Waals surface area contributed by atoms with E-state index in [2.05, 4.69) is 10.1 Å². The Hall–Kier alpha value is -3.35. The van der Waals surface area contributed by atoms with Crippen LogP contribution in [-0.4, -0.2) is 48.3 Å². The standard InChI is InChI=1S/C25H29N3O4/c1-30-21-8-3-18(4-9-21)5-12-24(29)28-15-13-19(14-16-28)17-23-26-25(27-32-23)20-6-10-22(31-2)11-7-20/h3-4,6-11,19H,5,12-17H2,1-2H3. The number of hydrogen-bond acceptors (Lipinski definition) is 6. The van der Waals surface area contributed by atoms with Crippen molar-refractivity contribution >= 4 is 5.91 Å². The van der Waals surface area contributed by atoms with Gasteiger partial charge in [0.1, 0.15) is 11.5 Å². The monoisotopic (exact) mass is 435 g/mol. The second kappa shape index (κ2) is 10.3. The van der Waals surface area contributed by atoms with Crippen molar-refractivity contribution in [2.45, 2.75) is 32.1 Å². The van der Waals surface area contributed by atoms with Crippen LogP contribution in [-0.2, 0) is 17.6 Å². The fourth-order valence-corrected chi connectivity index (χ4v) is 4.03. The fourth-order valence-electron chi connectivity index (χ4n) is 4.03. The summed E-state index contributed by atoms with van der Waals surface area (Å²) in [5.74, 6) is 3.54. The minimum absolute atomic E-state index is 0.221. The number of benzene rings is 2. The lowest BCUT2D eigenvalue weighted by molar-refractivity contribution is -0.132. The Balaban J connectivity index is 1.23. The molecule has 7 heteroatoms. The number of carbonyl (C=O) groups excluding carboxylic acids is 1. The Morgan fingerprint density at radius 1 is 1.00 bits per heavy atom. The molecular weight excluding hydrogens is 406 g/mol. The number of hydrogen-bond donors (Lipinski definition) is 0. The van der Waals surface area contributed by atoms with Gasteiger partial charge in [0.25, 0.3) is 0 Å². The van der Waals surface area contributed by atoms with E-state index in [9.17, 15) is 4.79 Å². The molecule has 1 aliphatic rings. The first-order valence-electron chi connectivity index (χ1n) is 11.0. The van der Waals surface area contributed by atoms with E-state index in [0.29, 0.717) is 24.1 Å². The molecule has 2 aromatic carbocycles. The van der Waals surface area contributed by atoms with Gasteiger partial charge in [-0.05, 0) is 67.1 Å². The molecule has 0 spiro atoms. The van der Waals surface area contributed by atoms with Crippen LogP contribution < -0.4 is 9.47 Å². The van der Waals surface area contributed by atoms with Crippen molar-refractivity contribution in [3.8, 4) is 22.9 Å². The van der Waals surface area contributed by atoms with E-state index < -0.39 is 0 Å². The molecule has 0 aliphatic carbocycles. The van der Waals surface area contributed by atoms with Gasteiger partial charge in [-0.15, -0.1) is 0 Å². The minimum atomic E-state index is 0.221. The molecule has 0 saturated carbocycles. The van der Waals surface area contributed by atoms with Gasteiger partial charge < -0.3 is 18.9 Å². The molecule has 0 N–H and O–H groups in total. The predicted molar refractivity (Wildman–Crippen MR) is 121 cm³/mol. The summed E-state index contributed by atoms with van der Waals surface area (Å²) in [6.07, 6.45) is 3.94. The molecule has 1 amide bonds. The van der Waals surface area contributed by atoms with E-state index in [-0.39, 0.29) is 5.91 Å². The Labute approximate surface area is 188 Å². The van der Waals surface area contributed by atoms with Gasteiger partial charge in [-0.3, -0.25) is 4.79 Å². The van der Waals surface area contributed by atoms with Crippen LogP contribution in [0.3, 0.4) is 0 Å². The molecule has 3 aromatic rings. The van der Waals surface area contributed by atoms with E-state index in [1.54, 1.807) is 14.2 Å². The highest BCUT2D eigenvalue weighted by Gasteiger charge is 2.24. The second-order valence-electron chi connectivity index (χ2n) is 8.12. The number of methoxy groups -OCH3 is 2. The summed E-state index contributed by atoms with van der Waals surface area (Å²) in [6.45, 7) is 1.57. The van der Waals surface area contributed by atoms with Gasteiger partial charge in [0.05, 0.1) is 14.2 Å². The number of amides is 1. The lowest BCUT2D eigenvalue weighted by Gasteiger charge is -2.31. The lowest BCUT2D eigenvalue weighted by Crippen LogP contribution is -2.39. The summed E-state index contributed by atoms with van der Waals surface area (Å²) in [5.41, 5.74) is 2.05. The molecule has 168 valence electrons. The normalized spacial score (nSPS) is 14.4. The molecule has 4 rings (SSSR count). The maximum Gasteiger partial charge on any atom is 0.227 e. The highest BCUT2D eigenvalue weighted by Crippen LogP contribution is 2.24. The molecule has 1 fully saturated rings. The molecule has 32 heavy (non-hydrogen) atoms. The molecule has 0 atom stereocenters. The summed E-state index contributed by atoms with van der Waals surface area (Å²) in [4.78, 5) is 19.2. The third-order valence-corrected chi connectivity index (χ3v) is 6.03. The molecule has 0 unspecified atom stereocenters. The fraction of sp³-hybridized carbons (Fsp3) is 0.400. The quantitative estimate of drug-likeness (QED) is 0.529. The van der Waals surface area contributed by atoms with Crippen LogP contribution in [0, 0.1) is 5.92 Å². The van der Waals surface area contributed by atoms with Crippen molar-refractivity contribution in [3.05, 3.63) is 60.0 Å². The van der Waals surface area contributed by atoms with E-state index in [1.807, 2.05) is 53.4 Å². The van der Waals surface area contributed by atoms with E-state index in [0.717, 1.165) is 61.4 Å². The van der Waals surface area contributed by atoms with Gasteiger partial charge in [0.15, 0.2) is 0 Å². The zero-order valence-electron chi connectivity index (χ0n) is 18.6. The van der Waals surface area contributed by atoms with Gasteiger partial charge in [-0.1, -0.05) is 17.3 Å². The summed E-state index contributed by atoms with van der Waals surface area (Å²) in [5, 5.41) is 4.12. The first-order valence-corrected chi connectivity index (χ1v) is 11.0. The third kappa shape index (κ3) is 5.46. The van der Waals surface area contributed by atoms with Gasteiger partial charge in [-0.2, -0.15) is 4.98 Å². The summed E-state index contributed by atoms with van der Waals surface area (Å²) in [7, 11) is 3.29. The number of aromatic nitrogens is 2. The number of nitrogens with zero attached hydrogens (tertiary/aromatic N) is 3. The number of rotatable bonds is 8. The molecular formula is C25H29N3O4. The van der Waals surface area contributed by atoms with Crippen LogP contribution in [0.2, 0.25) is 0 Å². The van der Waals surface area contributed by atoms with Crippen LogP contribution >= 0.6 is 0 Å². The zero-order valence-corrected chi connectivity index (χ0v) is 18.6. The van der Waals surface area contributed by atoms with Gasteiger partial charge in [0, 0.05) is 31.5 Å². The van der Waals surface area contributed by atoms with Crippen LogP contribution in [0.5, 0.6) is 11.5 Å². The lowest BCUT2D eigenvalue weighted by atomic mass is 9.93. The molecule has 0 radical (unpaired) electrons. The largest absolute Gasteiger partial charge is 0.497 e. The number of likely N-dealkylation sites (tertiary alicyclic amines) is 1. The van der Waals surface area contributed by atoms with Crippen molar-refractivity contribution in [1.82, 2.24) is 15.0 Å². The molecule has 0 bridgehead atoms. The molecule has 1 saturated heterocycles. The minimum Gasteiger partial charge on any atom is -0.497 e. The Morgan fingerprint density at radius 2 is 1.62 bits per heavy atom. The van der Waals surface area contributed by atoms with Crippen molar-refractivity contribution < 1.29 is 18.8 Å². The first kappa shape index (κ1) is 21.9. The van der Waals surface area contributed by atoms with E-state index in [4.69, 9.17) is 14.0 Å². The molecule has 1 aliphatic heterocycles. The van der Waals surface area contributed by atoms with Crippen molar-refractivity contribution in [2.75, 3.05) is 27.3 Å². The van der Waals surface area contributed by atoms with E-state index >= 15 is 0 Å². The highest BCUT2D eigenvalue weighted by molar-refractivity contribution is 5.76. The Bertz CT molecular complexity index is 1010. The van der Waals surface area contributed by atoms with Gasteiger partial charge >= 0.3 is 0 Å². The number of piperidine rings is 1. The first-order chi connectivity index (χ1) is 15.6. The van der Waals surface area contributed by atoms with Gasteiger partial charge in [0.2, 0.25) is 17.6 Å².